The van der Waals surface area contributed by atoms with E-state index in [1.54, 1.807) is 24.7 Å². The first kappa shape index (κ1) is 19.6. The Kier molecular flexibility index (Phi) is 5.10. The number of aromatic nitrogens is 4. The topological polar surface area (TPSA) is 81.1 Å². The van der Waals surface area contributed by atoms with Crippen LogP contribution in [0.4, 0.5) is 0 Å². The van der Waals surface area contributed by atoms with Gasteiger partial charge in [-0.15, -0.1) is 0 Å². The van der Waals surface area contributed by atoms with Crippen molar-refractivity contribution in [2.75, 3.05) is 6.54 Å². The molecule has 31 heavy (non-hydrogen) atoms. The van der Waals surface area contributed by atoms with Crippen LogP contribution in [0.5, 0.6) is 5.88 Å². The fourth-order valence-electron chi connectivity index (χ4n) is 4.66. The van der Waals surface area contributed by atoms with Gasteiger partial charge in [-0.3, -0.25) is 9.78 Å². The zero-order valence-electron chi connectivity index (χ0n) is 17.7. The van der Waals surface area contributed by atoms with Crippen LogP contribution in [0.25, 0.3) is 11.5 Å². The number of nitrogens with zero attached hydrogens (tertiary/aromatic N) is 5. The highest BCUT2D eigenvalue weighted by Crippen LogP contribution is 2.38. The van der Waals surface area contributed by atoms with E-state index in [0.29, 0.717) is 28.9 Å². The van der Waals surface area contributed by atoms with Crippen molar-refractivity contribution in [2.45, 2.75) is 45.3 Å². The number of aryl methyl sites for hydroxylation is 2. The Morgan fingerprint density at radius 1 is 1.03 bits per heavy atom. The molecule has 5 heterocycles. The number of amides is 1. The molecule has 3 aromatic heterocycles. The second kappa shape index (κ2) is 8.06. The fraction of sp³-hybridized carbons (Fsp3) is 0.375. The van der Waals surface area contributed by atoms with Gasteiger partial charge in [0.15, 0.2) is 5.82 Å². The van der Waals surface area contributed by atoms with Gasteiger partial charge in [0.25, 0.3) is 5.91 Å². The van der Waals surface area contributed by atoms with E-state index in [4.69, 9.17) is 4.74 Å². The van der Waals surface area contributed by atoms with E-state index in [2.05, 4.69) is 19.9 Å². The van der Waals surface area contributed by atoms with Crippen molar-refractivity contribution in [3.8, 4) is 17.4 Å². The predicted octanol–water partition coefficient (Wildman–Crippen LogP) is 3.62. The molecule has 7 nitrogen and oxygen atoms in total. The molecule has 0 N–H and O–H groups in total. The van der Waals surface area contributed by atoms with Crippen LogP contribution in [0, 0.1) is 19.8 Å². The number of carbonyl (C=O) groups is 1. The molecule has 2 bridgehead atoms. The van der Waals surface area contributed by atoms with Gasteiger partial charge in [-0.05, 0) is 62.3 Å². The third kappa shape index (κ3) is 3.87. The lowest BCUT2D eigenvalue weighted by atomic mass is 9.77. The Balaban J connectivity index is 1.44. The Morgan fingerprint density at radius 3 is 2.58 bits per heavy atom. The molecule has 158 valence electrons. The van der Waals surface area contributed by atoms with Gasteiger partial charge >= 0.3 is 0 Å². The minimum Gasteiger partial charge on any atom is -0.472 e. The molecule has 3 fully saturated rings. The molecule has 3 aliphatic rings. The van der Waals surface area contributed by atoms with Gasteiger partial charge in [0.2, 0.25) is 5.88 Å². The lowest BCUT2D eigenvalue weighted by molar-refractivity contribution is -0.0313. The van der Waals surface area contributed by atoms with E-state index in [9.17, 15) is 4.79 Å². The molecule has 0 aromatic carbocycles. The normalized spacial score (nSPS) is 22.4. The van der Waals surface area contributed by atoms with Crippen LogP contribution in [0.2, 0.25) is 0 Å². The first-order chi connectivity index (χ1) is 15.1. The van der Waals surface area contributed by atoms with Crippen LogP contribution in [0.15, 0.2) is 49.1 Å². The van der Waals surface area contributed by atoms with Crippen molar-refractivity contribution >= 4 is 5.91 Å². The summed E-state index contributed by atoms with van der Waals surface area (Å²) in [7, 11) is 0. The summed E-state index contributed by atoms with van der Waals surface area (Å²) in [6, 6.07) is 7.56. The lowest BCUT2D eigenvalue weighted by Crippen LogP contribution is -2.59. The van der Waals surface area contributed by atoms with Gasteiger partial charge in [-0.1, -0.05) is 6.07 Å². The fourth-order valence-corrected chi connectivity index (χ4v) is 4.66. The van der Waals surface area contributed by atoms with Crippen LogP contribution in [0.3, 0.4) is 0 Å². The molecule has 3 atom stereocenters. The van der Waals surface area contributed by atoms with Crippen LogP contribution < -0.4 is 4.74 Å². The average molecular weight is 415 g/mol. The summed E-state index contributed by atoms with van der Waals surface area (Å²) in [6.45, 7) is 4.69. The first-order valence-corrected chi connectivity index (χ1v) is 10.7. The summed E-state index contributed by atoms with van der Waals surface area (Å²) >= 11 is 0. The SMILES string of the molecule is Cc1ccc(O[C@@H]2C[C@H]3CC[C@@H]2N(C(=O)c2cc(C)cnc2-c2ncccn2)C3)nc1. The summed E-state index contributed by atoms with van der Waals surface area (Å²) in [6.07, 6.45) is 9.84. The molecule has 0 unspecified atom stereocenters. The smallest absolute Gasteiger partial charge is 0.256 e. The van der Waals surface area contributed by atoms with Crippen molar-refractivity contribution in [3.05, 3.63) is 65.7 Å². The summed E-state index contributed by atoms with van der Waals surface area (Å²) < 4.78 is 6.25. The van der Waals surface area contributed by atoms with E-state index in [-0.39, 0.29) is 18.1 Å². The third-order valence-electron chi connectivity index (χ3n) is 6.17. The zero-order valence-corrected chi connectivity index (χ0v) is 17.7. The minimum atomic E-state index is -0.0548. The standard InChI is InChI=1S/C24H25N5O2/c1-15-4-7-21(27-12-15)31-20-11-17-5-6-19(20)29(14-17)24(30)18-10-16(2)13-28-22(18)23-25-8-3-9-26-23/h3-4,7-10,12-13,17,19-20H,5-6,11,14H2,1-2H3/t17-,19+,20-/m1/s1. The molecule has 0 spiro atoms. The molecule has 2 saturated heterocycles. The number of carbonyl (C=O) groups excluding carboxylic acids is 1. The molecular weight excluding hydrogens is 390 g/mol. The average Bonchev–Trinajstić information content (AvgIpc) is 2.81. The van der Waals surface area contributed by atoms with Crippen molar-refractivity contribution < 1.29 is 9.53 Å². The Bertz CT molecular complexity index is 1090. The summed E-state index contributed by atoms with van der Waals surface area (Å²) in [4.78, 5) is 33.2. The number of ether oxygens (including phenoxy) is 1. The number of hydrogen-bond donors (Lipinski definition) is 0. The number of hydrogen-bond acceptors (Lipinski definition) is 6. The monoisotopic (exact) mass is 415 g/mol. The van der Waals surface area contributed by atoms with Gasteiger partial charge in [0.05, 0.1) is 11.6 Å². The van der Waals surface area contributed by atoms with Gasteiger partial charge < -0.3 is 9.64 Å². The highest BCUT2D eigenvalue weighted by molar-refractivity contribution is 5.99. The van der Waals surface area contributed by atoms with Gasteiger partial charge in [0, 0.05) is 37.4 Å². The summed E-state index contributed by atoms with van der Waals surface area (Å²) in [5.41, 5.74) is 3.10. The van der Waals surface area contributed by atoms with Crippen molar-refractivity contribution in [1.29, 1.82) is 0 Å². The number of pyridine rings is 2. The van der Waals surface area contributed by atoms with E-state index in [0.717, 1.165) is 36.9 Å². The molecule has 1 amide bonds. The van der Waals surface area contributed by atoms with Crippen LogP contribution in [-0.2, 0) is 0 Å². The number of rotatable bonds is 4. The van der Waals surface area contributed by atoms with Crippen molar-refractivity contribution in [1.82, 2.24) is 24.8 Å². The van der Waals surface area contributed by atoms with Crippen LogP contribution in [0.1, 0.15) is 40.7 Å². The van der Waals surface area contributed by atoms with E-state index in [1.807, 2.05) is 43.1 Å². The quantitative estimate of drug-likeness (QED) is 0.647. The van der Waals surface area contributed by atoms with Crippen LogP contribution in [-0.4, -0.2) is 49.4 Å². The van der Waals surface area contributed by atoms with E-state index in [1.165, 1.54) is 0 Å². The minimum absolute atomic E-state index is 0.0191. The lowest BCUT2D eigenvalue weighted by Gasteiger charge is -2.49. The van der Waals surface area contributed by atoms with E-state index >= 15 is 0 Å². The summed E-state index contributed by atoms with van der Waals surface area (Å²) in [5, 5.41) is 0. The first-order valence-electron chi connectivity index (χ1n) is 10.7. The molecule has 1 saturated carbocycles. The number of fused-ring (bicyclic) bond motifs is 3. The maximum Gasteiger partial charge on any atom is 0.256 e. The molecule has 6 rings (SSSR count). The maximum absolute atomic E-state index is 13.7. The van der Waals surface area contributed by atoms with Gasteiger partial charge in [0.1, 0.15) is 11.8 Å². The highest BCUT2D eigenvalue weighted by Gasteiger charge is 2.45. The van der Waals surface area contributed by atoms with Crippen LogP contribution >= 0.6 is 0 Å². The molecule has 1 aliphatic carbocycles. The maximum atomic E-state index is 13.7. The highest BCUT2D eigenvalue weighted by atomic mass is 16.5. The largest absolute Gasteiger partial charge is 0.472 e. The van der Waals surface area contributed by atoms with Gasteiger partial charge in [-0.25, -0.2) is 15.0 Å². The predicted molar refractivity (Wildman–Crippen MR) is 116 cm³/mol. The van der Waals surface area contributed by atoms with Gasteiger partial charge in [-0.2, -0.15) is 0 Å². The van der Waals surface area contributed by atoms with E-state index < -0.39 is 0 Å². The third-order valence-corrected chi connectivity index (χ3v) is 6.17. The summed E-state index contributed by atoms with van der Waals surface area (Å²) in [5.74, 6) is 1.48. The second-order valence-electron chi connectivity index (χ2n) is 8.52. The Morgan fingerprint density at radius 2 is 1.84 bits per heavy atom. The molecule has 7 heteroatoms. The molecular formula is C24H25N5O2. The van der Waals surface area contributed by atoms with Crippen molar-refractivity contribution in [2.24, 2.45) is 5.92 Å². The number of piperidine rings is 2. The molecule has 3 aromatic rings. The molecule has 0 radical (unpaired) electrons. The van der Waals surface area contributed by atoms with Crippen molar-refractivity contribution in [3.63, 3.8) is 0 Å². The Hall–Kier alpha value is -3.35. The Labute approximate surface area is 181 Å². The molecule has 2 aliphatic heterocycles. The second-order valence-corrected chi connectivity index (χ2v) is 8.52. The zero-order chi connectivity index (χ0) is 21.4.